The molecule has 7 heteroatoms. The number of hydrogen-bond acceptors (Lipinski definition) is 3. The first kappa shape index (κ1) is 14.4. The van der Waals surface area contributed by atoms with Crippen LogP contribution in [0.4, 0.5) is 8.78 Å². The number of amides is 1. The molecule has 3 N–H and O–H groups in total. The topological polar surface area (TPSA) is 86.6 Å². The second kappa shape index (κ2) is 5.16. The summed E-state index contributed by atoms with van der Waals surface area (Å²) in [4.78, 5) is 22.8. The number of carboxylic acids is 1. The van der Waals surface area contributed by atoms with Gasteiger partial charge in [0.1, 0.15) is 0 Å². The molecule has 1 amide bonds. The summed E-state index contributed by atoms with van der Waals surface area (Å²) in [6, 6.07) is 1.00. The lowest BCUT2D eigenvalue weighted by Crippen LogP contribution is -2.48. The fourth-order valence-corrected chi connectivity index (χ4v) is 2.01. The van der Waals surface area contributed by atoms with E-state index in [0.717, 1.165) is 6.42 Å². The maximum atomic E-state index is 13.1. The van der Waals surface area contributed by atoms with E-state index in [0.29, 0.717) is 25.0 Å². The predicted molar refractivity (Wildman–Crippen MR) is 64.5 cm³/mol. The number of rotatable bonds is 4. The fraction of sp³-hybridized carbons (Fsp3) is 0.385. The van der Waals surface area contributed by atoms with Crippen LogP contribution in [-0.2, 0) is 0 Å². The molecular weight excluding hydrogens is 272 g/mol. The number of nitrogens with one attached hydrogen (secondary N) is 1. The van der Waals surface area contributed by atoms with Gasteiger partial charge in [0.05, 0.1) is 16.7 Å². The number of benzene rings is 1. The molecule has 1 aromatic rings. The van der Waals surface area contributed by atoms with Gasteiger partial charge in [-0.25, -0.2) is 13.6 Å². The highest BCUT2D eigenvalue weighted by molar-refractivity contribution is 6.04. The molecule has 0 bridgehead atoms. The van der Waals surface area contributed by atoms with Crippen LogP contribution in [0.1, 0.15) is 40.0 Å². The van der Waals surface area contributed by atoms with Gasteiger partial charge in [-0.2, -0.15) is 0 Å². The monoisotopic (exact) mass is 285 g/mol. The average molecular weight is 285 g/mol. The Hall–Kier alpha value is -2.02. The van der Waals surface area contributed by atoms with Crippen LogP contribution in [0, 0.1) is 11.6 Å². The van der Waals surface area contributed by atoms with Crippen LogP contribution in [0.5, 0.6) is 0 Å². The molecule has 0 heterocycles. The Kier molecular flexibility index (Phi) is 3.71. The third-order valence-electron chi connectivity index (χ3n) is 3.40. The van der Waals surface area contributed by atoms with Gasteiger partial charge in [0.25, 0.3) is 5.91 Å². The molecule has 5 nitrogen and oxygen atoms in total. The van der Waals surface area contributed by atoms with Crippen molar-refractivity contribution in [3.8, 4) is 0 Å². The highest BCUT2D eigenvalue weighted by Crippen LogP contribution is 2.30. The van der Waals surface area contributed by atoms with E-state index in [1.54, 1.807) is 0 Å². The van der Waals surface area contributed by atoms with Gasteiger partial charge < -0.3 is 15.5 Å². The normalized spacial score (nSPS) is 16.4. The van der Waals surface area contributed by atoms with E-state index in [9.17, 15) is 23.5 Å². The van der Waals surface area contributed by atoms with Gasteiger partial charge in [0, 0.05) is 6.54 Å². The van der Waals surface area contributed by atoms with Crippen molar-refractivity contribution < 1.29 is 28.6 Å². The van der Waals surface area contributed by atoms with Crippen molar-refractivity contribution in [3.05, 3.63) is 34.9 Å². The zero-order valence-corrected chi connectivity index (χ0v) is 10.4. The second-order valence-electron chi connectivity index (χ2n) is 4.88. The van der Waals surface area contributed by atoms with Crippen LogP contribution in [-0.4, -0.2) is 34.2 Å². The van der Waals surface area contributed by atoms with Gasteiger partial charge in [-0.1, -0.05) is 0 Å². The minimum atomic E-state index is -1.53. The average Bonchev–Trinajstić information content (AvgIpc) is 2.36. The van der Waals surface area contributed by atoms with E-state index in [1.807, 2.05) is 0 Å². The van der Waals surface area contributed by atoms with Crippen molar-refractivity contribution in [1.82, 2.24) is 5.32 Å². The highest BCUT2D eigenvalue weighted by atomic mass is 19.2. The van der Waals surface area contributed by atoms with Gasteiger partial charge in [-0.15, -0.1) is 0 Å². The first-order valence-electron chi connectivity index (χ1n) is 6.05. The molecule has 1 fully saturated rings. The molecule has 0 aromatic heterocycles. The molecule has 20 heavy (non-hydrogen) atoms. The molecule has 1 aliphatic rings. The van der Waals surface area contributed by atoms with Crippen LogP contribution in [0.15, 0.2) is 12.1 Å². The lowest BCUT2D eigenvalue weighted by molar-refractivity contribution is -0.0300. The molecule has 0 radical (unpaired) electrons. The van der Waals surface area contributed by atoms with Crippen molar-refractivity contribution in [2.45, 2.75) is 24.9 Å². The van der Waals surface area contributed by atoms with Gasteiger partial charge in [-0.05, 0) is 31.4 Å². The Morgan fingerprint density at radius 1 is 1.20 bits per heavy atom. The summed E-state index contributed by atoms with van der Waals surface area (Å²) in [5, 5.41) is 21.1. The van der Waals surface area contributed by atoms with E-state index < -0.39 is 40.2 Å². The van der Waals surface area contributed by atoms with Gasteiger partial charge in [0.2, 0.25) is 0 Å². The molecular formula is C13H13F2NO4. The van der Waals surface area contributed by atoms with Crippen LogP contribution < -0.4 is 5.32 Å². The van der Waals surface area contributed by atoms with Crippen LogP contribution in [0.2, 0.25) is 0 Å². The van der Waals surface area contributed by atoms with Crippen LogP contribution in [0.25, 0.3) is 0 Å². The summed E-state index contributed by atoms with van der Waals surface area (Å²) >= 11 is 0. The molecule has 1 saturated carbocycles. The maximum Gasteiger partial charge on any atom is 0.336 e. The molecule has 1 aliphatic carbocycles. The van der Waals surface area contributed by atoms with E-state index in [2.05, 4.69) is 5.32 Å². The number of aliphatic hydroxyl groups is 1. The van der Waals surface area contributed by atoms with E-state index in [4.69, 9.17) is 5.11 Å². The minimum Gasteiger partial charge on any atom is -0.478 e. The third kappa shape index (κ3) is 2.77. The van der Waals surface area contributed by atoms with Crippen molar-refractivity contribution in [3.63, 3.8) is 0 Å². The van der Waals surface area contributed by atoms with E-state index in [-0.39, 0.29) is 6.54 Å². The summed E-state index contributed by atoms with van der Waals surface area (Å²) in [7, 11) is 0. The number of carboxylic acid groups (broad SMARTS) is 1. The van der Waals surface area contributed by atoms with Crippen LogP contribution >= 0.6 is 0 Å². The third-order valence-corrected chi connectivity index (χ3v) is 3.40. The van der Waals surface area contributed by atoms with Crippen molar-refractivity contribution in [1.29, 1.82) is 0 Å². The lowest BCUT2D eigenvalue weighted by Gasteiger charge is -2.36. The molecule has 0 unspecified atom stereocenters. The Morgan fingerprint density at radius 3 is 2.20 bits per heavy atom. The minimum absolute atomic E-state index is 0.0517. The first-order chi connectivity index (χ1) is 9.32. The Morgan fingerprint density at radius 2 is 1.75 bits per heavy atom. The maximum absolute atomic E-state index is 13.1. The zero-order chi connectivity index (χ0) is 14.9. The van der Waals surface area contributed by atoms with Crippen molar-refractivity contribution >= 4 is 11.9 Å². The number of carbonyl (C=O) groups is 2. The standard InChI is InChI=1S/C13H13F2NO4/c14-9-4-7(8(12(18)19)5-10(9)15)11(17)16-6-13(20)2-1-3-13/h4-5,20H,1-3,6H2,(H,16,17)(H,18,19). The summed E-state index contributed by atoms with van der Waals surface area (Å²) in [6.07, 6.45) is 1.92. The fourth-order valence-electron chi connectivity index (χ4n) is 2.01. The quantitative estimate of drug-likeness (QED) is 0.778. The molecule has 108 valence electrons. The van der Waals surface area contributed by atoms with Gasteiger partial charge in [0.15, 0.2) is 11.6 Å². The van der Waals surface area contributed by atoms with Gasteiger partial charge in [-0.3, -0.25) is 4.79 Å². The molecule has 0 atom stereocenters. The van der Waals surface area contributed by atoms with Crippen molar-refractivity contribution in [2.75, 3.05) is 6.54 Å². The lowest BCUT2D eigenvalue weighted by atomic mass is 9.80. The molecule has 2 rings (SSSR count). The zero-order valence-electron chi connectivity index (χ0n) is 10.4. The summed E-state index contributed by atoms with van der Waals surface area (Å²) < 4.78 is 26.1. The number of aromatic carboxylic acids is 1. The Bertz CT molecular complexity index is 570. The molecule has 0 aliphatic heterocycles. The SMILES string of the molecule is O=C(O)c1cc(F)c(F)cc1C(=O)NCC1(O)CCC1. The summed E-state index contributed by atoms with van der Waals surface area (Å²) in [6.45, 7) is -0.0517. The molecule has 1 aromatic carbocycles. The second-order valence-corrected chi connectivity index (χ2v) is 4.88. The molecule has 0 saturated heterocycles. The molecule has 0 spiro atoms. The highest BCUT2D eigenvalue weighted by Gasteiger charge is 2.35. The number of carbonyl (C=O) groups excluding carboxylic acids is 1. The van der Waals surface area contributed by atoms with Gasteiger partial charge >= 0.3 is 5.97 Å². The predicted octanol–water partition coefficient (Wildman–Crippen LogP) is 1.31. The van der Waals surface area contributed by atoms with E-state index in [1.165, 1.54) is 0 Å². The number of halogens is 2. The summed E-state index contributed by atoms with van der Waals surface area (Å²) in [5.74, 6) is -5.03. The Balaban J connectivity index is 2.20. The Labute approximate surface area is 113 Å². The van der Waals surface area contributed by atoms with E-state index >= 15 is 0 Å². The first-order valence-corrected chi connectivity index (χ1v) is 6.05. The number of hydrogen-bond donors (Lipinski definition) is 3. The smallest absolute Gasteiger partial charge is 0.336 e. The van der Waals surface area contributed by atoms with Crippen molar-refractivity contribution in [2.24, 2.45) is 0 Å². The summed E-state index contributed by atoms with van der Waals surface area (Å²) in [5.41, 5.74) is -2.08. The van der Waals surface area contributed by atoms with Crippen LogP contribution in [0.3, 0.4) is 0 Å². The largest absolute Gasteiger partial charge is 0.478 e.